The van der Waals surface area contributed by atoms with Crippen molar-refractivity contribution in [2.24, 2.45) is 11.7 Å². The summed E-state index contributed by atoms with van der Waals surface area (Å²) in [5.74, 6) is -2.36. The molecule has 0 unspecified atom stereocenters. The molecule has 108 valence electrons. The molecule has 5 nitrogen and oxygen atoms in total. The van der Waals surface area contributed by atoms with Gasteiger partial charge in [0.1, 0.15) is 5.82 Å². The number of primary amides is 1. The minimum absolute atomic E-state index is 0.194. The summed E-state index contributed by atoms with van der Waals surface area (Å²) in [5, 5.41) is 9.30. The molecule has 3 N–H and O–H groups in total. The third-order valence-electron chi connectivity index (χ3n) is 3.69. The van der Waals surface area contributed by atoms with Crippen LogP contribution in [-0.2, 0) is 9.59 Å². The zero-order valence-corrected chi connectivity index (χ0v) is 11.0. The molecule has 0 spiro atoms. The summed E-state index contributed by atoms with van der Waals surface area (Å²) in [6, 6.07) is 5.90. The molecule has 0 aliphatic carbocycles. The highest BCUT2D eigenvalue weighted by Gasteiger charge is 2.38. The van der Waals surface area contributed by atoms with Crippen LogP contribution in [0.1, 0.15) is 17.9 Å². The Balaban J connectivity index is 2.11. The number of nitrogens with zero attached hydrogens (tertiary/aromatic N) is 1. The summed E-state index contributed by atoms with van der Waals surface area (Å²) in [7, 11) is 0. The van der Waals surface area contributed by atoms with E-state index in [1.54, 1.807) is 12.1 Å². The van der Waals surface area contributed by atoms with Gasteiger partial charge in [0.25, 0.3) is 0 Å². The van der Waals surface area contributed by atoms with E-state index in [0.717, 1.165) is 5.56 Å². The van der Waals surface area contributed by atoms with Crippen molar-refractivity contribution in [1.82, 2.24) is 4.90 Å². The molecule has 2 rings (SSSR count). The molecule has 1 aliphatic heterocycles. The molecule has 0 radical (unpaired) electrons. The van der Waals surface area contributed by atoms with Gasteiger partial charge in [0, 0.05) is 32.0 Å². The van der Waals surface area contributed by atoms with Gasteiger partial charge in [-0.25, -0.2) is 4.39 Å². The first-order chi connectivity index (χ1) is 9.47. The number of carbonyl (C=O) groups excluding carboxylic acids is 1. The lowest BCUT2D eigenvalue weighted by molar-refractivity contribution is -0.141. The average Bonchev–Trinajstić information content (AvgIpc) is 2.81. The van der Waals surface area contributed by atoms with Crippen LogP contribution in [0, 0.1) is 11.7 Å². The molecule has 1 aliphatic rings. The number of nitrogens with two attached hydrogens (primary N) is 1. The third-order valence-corrected chi connectivity index (χ3v) is 3.69. The van der Waals surface area contributed by atoms with Gasteiger partial charge in [0.2, 0.25) is 5.91 Å². The van der Waals surface area contributed by atoms with Crippen molar-refractivity contribution in [1.29, 1.82) is 0 Å². The predicted molar refractivity (Wildman–Crippen MR) is 70.5 cm³/mol. The smallest absolute Gasteiger partial charge is 0.308 e. The van der Waals surface area contributed by atoms with Crippen LogP contribution in [0.5, 0.6) is 0 Å². The van der Waals surface area contributed by atoms with Gasteiger partial charge in [-0.1, -0.05) is 12.1 Å². The topological polar surface area (TPSA) is 83.6 Å². The van der Waals surface area contributed by atoms with Crippen molar-refractivity contribution in [2.45, 2.75) is 12.3 Å². The van der Waals surface area contributed by atoms with Gasteiger partial charge in [-0.05, 0) is 17.7 Å². The largest absolute Gasteiger partial charge is 0.481 e. The van der Waals surface area contributed by atoms with Gasteiger partial charge in [-0.15, -0.1) is 0 Å². The second-order valence-electron chi connectivity index (χ2n) is 5.08. The van der Waals surface area contributed by atoms with Crippen LogP contribution in [-0.4, -0.2) is 41.5 Å². The summed E-state index contributed by atoms with van der Waals surface area (Å²) in [6.07, 6.45) is 0.211. The van der Waals surface area contributed by atoms with Crippen LogP contribution in [0.3, 0.4) is 0 Å². The zero-order chi connectivity index (χ0) is 14.7. The lowest BCUT2D eigenvalue weighted by atomic mass is 9.89. The first kappa shape index (κ1) is 14.5. The maximum atomic E-state index is 12.9. The molecule has 20 heavy (non-hydrogen) atoms. The number of likely N-dealkylation sites (tertiary alicyclic amines) is 1. The van der Waals surface area contributed by atoms with Gasteiger partial charge < -0.3 is 15.7 Å². The van der Waals surface area contributed by atoms with Gasteiger partial charge in [0.05, 0.1) is 5.92 Å². The van der Waals surface area contributed by atoms with Crippen molar-refractivity contribution >= 4 is 11.9 Å². The van der Waals surface area contributed by atoms with Gasteiger partial charge >= 0.3 is 5.97 Å². The Kier molecular flexibility index (Phi) is 4.34. The van der Waals surface area contributed by atoms with E-state index in [1.165, 1.54) is 12.1 Å². The summed E-state index contributed by atoms with van der Waals surface area (Å²) >= 11 is 0. The number of carbonyl (C=O) groups is 2. The number of rotatable bonds is 5. The minimum atomic E-state index is -0.874. The Morgan fingerprint density at radius 3 is 2.50 bits per heavy atom. The van der Waals surface area contributed by atoms with Crippen molar-refractivity contribution in [3.8, 4) is 0 Å². The molecule has 1 heterocycles. The number of hydrogen-bond acceptors (Lipinski definition) is 3. The molecular formula is C14H17FN2O3. The lowest BCUT2D eigenvalue weighted by Crippen LogP contribution is -2.27. The first-order valence-corrected chi connectivity index (χ1v) is 6.46. The van der Waals surface area contributed by atoms with Crippen LogP contribution in [0.25, 0.3) is 0 Å². The van der Waals surface area contributed by atoms with E-state index in [1.807, 2.05) is 4.90 Å². The third kappa shape index (κ3) is 3.33. The molecular weight excluding hydrogens is 263 g/mol. The SMILES string of the molecule is NC(=O)CCN1C[C@@H](C(=O)O)[C@H](c2ccc(F)cc2)C1. The molecule has 0 bridgehead atoms. The van der Waals surface area contributed by atoms with Crippen LogP contribution >= 0.6 is 0 Å². The van der Waals surface area contributed by atoms with Gasteiger partial charge in [-0.3, -0.25) is 9.59 Å². The summed E-state index contributed by atoms with van der Waals surface area (Å²) in [6.45, 7) is 1.37. The number of carboxylic acids is 1. The Labute approximate surface area is 116 Å². The molecule has 0 aromatic heterocycles. The van der Waals surface area contributed by atoms with Gasteiger partial charge in [-0.2, -0.15) is 0 Å². The lowest BCUT2D eigenvalue weighted by Gasteiger charge is -2.15. The van der Waals surface area contributed by atoms with Crippen LogP contribution in [0.15, 0.2) is 24.3 Å². The summed E-state index contributed by atoms with van der Waals surface area (Å²) in [5.41, 5.74) is 5.91. The highest BCUT2D eigenvalue weighted by molar-refractivity contribution is 5.74. The molecule has 2 atom stereocenters. The van der Waals surface area contributed by atoms with E-state index < -0.39 is 17.8 Å². The molecule has 1 aromatic carbocycles. The first-order valence-electron chi connectivity index (χ1n) is 6.46. The zero-order valence-electron chi connectivity index (χ0n) is 11.0. The maximum Gasteiger partial charge on any atom is 0.308 e. The van der Waals surface area contributed by atoms with Gasteiger partial charge in [0.15, 0.2) is 0 Å². The Morgan fingerprint density at radius 2 is 1.95 bits per heavy atom. The number of aliphatic carboxylic acids is 1. The van der Waals surface area contributed by atoms with Crippen molar-refractivity contribution < 1.29 is 19.1 Å². The van der Waals surface area contributed by atoms with Crippen molar-refractivity contribution in [3.05, 3.63) is 35.6 Å². The van der Waals surface area contributed by atoms with E-state index in [4.69, 9.17) is 5.73 Å². The number of benzene rings is 1. The molecule has 1 saturated heterocycles. The molecule has 0 saturated carbocycles. The van der Waals surface area contributed by atoms with E-state index in [2.05, 4.69) is 0 Å². The fraction of sp³-hybridized carbons (Fsp3) is 0.429. The Morgan fingerprint density at radius 1 is 1.30 bits per heavy atom. The molecule has 1 aromatic rings. The van der Waals surface area contributed by atoms with Crippen LogP contribution in [0.4, 0.5) is 4.39 Å². The summed E-state index contributed by atoms with van der Waals surface area (Å²) < 4.78 is 12.9. The van der Waals surface area contributed by atoms with E-state index >= 15 is 0 Å². The van der Waals surface area contributed by atoms with Crippen LogP contribution < -0.4 is 5.73 Å². The standard InChI is InChI=1S/C14H17FN2O3/c15-10-3-1-9(2-4-10)11-7-17(6-5-13(16)18)8-12(11)14(19)20/h1-4,11-12H,5-8H2,(H2,16,18)(H,19,20)/t11-,12+/m0/s1. The quantitative estimate of drug-likeness (QED) is 0.835. The maximum absolute atomic E-state index is 12.9. The number of carboxylic acid groups (broad SMARTS) is 1. The molecule has 6 heteroatoms. The number of hydrogen-bond donors (Lipinski definition) is 2. The Bertz CT molecular complexity index is 504. The second kappa shape index (κ2) is 6.00. The highest BCUT2D eigenvalue weighted by Crippen LogP contribution is 2.33. The van der Waals surface area contributed by atoms with Crippen molar-refractivity contribution in [3.63, 3.8) is 0 Å². The van der Waals surface area contributed by atoms with E-state index in [-0.39, 0.29) is 18.2 Å². The number of halogens is 1. The summed E-state index contributed by atoms with van der Waals surface area (Å²) in [4.78, 5) is 24.1. The second-order valence-corrected chi connectivity index (χ2v) is 5.08. The average molecular weight is 280 g/mol. The monoisotopic (exact) mass is 280 g/mol. The van der Waals surface area contributed by atoms with Crippen LogP contribution in [0.2, 0.25) is 0 Å². The van der Waals surface area contributed by atoms with E-state index in [0.29, 0.717) is 19.6 Å². The highest BCUT2D eigenvalue weighted by atomic mass is 19.1. The normalized spacial score (nSPS) is 22.9. The fourth-order valence-corrected chi connectivity index (χ4v) is 2.63. The molecule has 1 amide bonds. The predicted octanol–water partition coefficient (Wildman–Crippen LogP) is 0.801. The molecule has 1 fully saturated rings. The van der Waals surface area contributed by atoms with E-state index in [9.17, 15) is 19.1 Å². The fourth-order valence-electron chi connectivity index (χ4n) is 2.63. The minimum Gasteiger partial charge on any atom is -0.481 e. The number of amides is 1. The van der Waals surface area contributed by atoms with Crippen molar-refractivity contribution in [2.75, 3.05) is 19.6 Å². The Hall–Kier alpha value is -1.95.